The summed E-state index contributed by atoms with van der Waals surface area (Å²) in [6.45, 7) is 11.4. The molecule has 0 aromatic heterocycles. The van der Waals surface area contributed by atoms with E-state index in [4.69, 9.17) is 9.47 Å². The summed E-state index contributed by atoms with van der Waals surface area (Å²) in [6, 6.07) is 0. The number of amides is 2. The Morgan fingerprint density at radius 2 is 1.56 bits per heavy atom. The first kappa shape index (κ1) is 20.9. The van der Waals surface area contributed by atoms with Crippen LogP contribution in [0.4, 0.5) is 9.59 Å². The van der Waals surface area contributed by atoms with Gasteiger partial charge in [-0.15, -0.1) is 4.99 Å². The summed E-state index contributed by atoms with van der Waals surface area (Å²) < 4.78 is 10.4. The number of ether oxygens (including phenoxy) is 2. The summed E-state index contributed by atoms with van der Waals surface area (Å²) in [4.78, 5) is 40.6. The van der Waals surface area contributed by atoms with Crippen LogP contribution in [0.5, 0.6) is 0 Å². The molecule has 8 nitrogen and oxygen atoms in total. The number of nitrogens with one attached hydrogen (secondary N) is 1. The van der Waals surface area contributed by atoms with Crippen LogP contribution in [0.25, 0.3) is 0 Å². The predicted molar refractivity (Wildman–Crippen MR) is 93.4 cm³/mol. The Labute approximate surface area is 148 Å². The molecule has 2 amide bonds. The monoisotopic (exact) mass is 355 g/mol. The van der Waals surface area contributed by atoms with Gasteiger partial charge < -0.3 is 19.2 Å². The maximum Gasteiger partial charge on any atom is 0.437 e. The highest BCUT2D eigenvalue weighted by Crippen LogP contribution is 2.16. The van der Waals surface area contributed by atoms with Gasteiger partial charge in [-0.25, -0.2) is 9.59 Å². The molecule has 25 heavy (non-hydrogen) atoms. The molecule has 1 N–H and O–H groups in total. The van der Waals surface area contributed by atoms with Crippen molar-refractivity contribution in [2.45, 2.75) is 65.6 Å². The first-order valence-electron chi connectivity index (χ1n) is 8.41. The topological polar surface area (TPSA) is 97.3 Å². The van der Waals surface area contributed by atoms with E-state index < -0.39 is 23.4 Å². The number of aliphatic imine (C=N–C) groups is 1. The number of hydrogen-bond donors (Lipinski definition) is 1. The van der Waals surface area contributed by atoms with E-state index in [-0.39, 0.29) is 11.9 Å². The van der Waals surface area contributed by atoms with Crippen molar-refractivity contribution in [3.63, 3.8) is 0 Å². The SMILES string of the molecule is CC(C)(C)OC(=O)N=C(NC(=O)OC(C)(C)C)N1CCC(C=O)CC1. The Hall–Kier alpha value is -2.12. The average Bonchev–Trinajstić information content (AvgIpc) is 2.42. The standard InChI is InChI=1S/C17H29N3O5/c1-16(2,3)24-14(22)18-13(19-15(23)25-17(4,5)6)20-9-7-12(11-21)8-10-20/h11-12H,7-10H2,1-6H3,(H,18,19,22,23). The Morgan fingerprint density at radius 3 is 2.00 bits per heavy atom. The highest BCUT2D eigenvalue weighted by Gasteiger charge is 2.26. The number of piperidine rings is 1. The van der Waals surface area contributed by atoms with Gasteiger partial charge in [-0.3, -0.25) is 5.32 Å². The molecule has 1 saturated heterocycles. The first-order chi connectivity index (χ1) is 11.4. The number of likely N-dealkylation sites (tertiary alicyclic amines) is 1. The molecule has 0 aromatic rings. The third-order valence-corrected chi connectivity index (χ3v) is 3.24. The number of carbonyl (C=O) groups excluding carboxylic acids is 3. The lowest BCUT2D eigenvalue weighted by atomic mass is 9.99. The molecule has 142 valence electrons. The van der Waals surface area contributed by atoms with Gasteiger partial charge >= 0.3 is 12.2 Å². The fourth-order valence-electron chi connectivity index (χ4n) is 2.19. The van der Waals surface area contributed by atoms with Gasteiger partial charge in [0.25, 0.3) is 0 Å². The van der Waals surface area contributed by atoms with E-state index in [1.165, 1.54) is 0 Å². The molecule has 0 saturated carbocycles. The largest absolute Gasteiger partial charge is 0.444 e. The third kappa shape index (κ3) is 8.51. The van der Waals surface area contributed by atoms with Crippen molar-refractivity contribution in [3.05, 3.63) is 0 Å². The second-order valence-electron chi connectivity index (χ2n) is 8.00. The molecule has 0 aromatic carbocycles. The van der Waals surface area contributed by atoms with Crippen LogP contribution in [0.3, 0.4) is 0 Å². The van der Waals surface area contributed by atoms with Crippen LogP contribution in [0.1, 0.15) is 54.4 Å². The predicted octanol–water partition coefficient (Wildman–Crippen LogP) is 2.71. The van der Waals surface area contributed by atoms with Crippen LogP contribution in [0, 0.1) is 5.92 Å². The van der Waals surface area contributed by atoms with Crippen LogP contribution in [-0.2, 0) is 14.3 Å². The number of hydrogen-bond acceptors (Lipinski definition) is 5. The minimum atomic E-state index is -0.795. The number of nitrogens with zero attached hydrogens (tertiary/aromatic N) is 2. The Kier molecular flexibility index (Phi) is 6.96. The van der Waals surface area contributed by atoms with Crippen molar-refractivity contribution in [3.8, 4) is 0 Å². The lowest BCUT2D eigenvalue weighted by Crippen LogP contribution is -2.49. The summed E-state index contributed by atoms with van der Waals surface area (Å²) in [7, 11) is 0. The second-order valence-corrected chi connectivity index (χ2v) is 8.00. The van der Waals surface area contributed by atoms with Crippen LogP contribution in [0.2, 0.25) is 0 Å². The summed E-state index contributed by atoms with van der Waals surface area (Å²) in [5, 5.41) is 2.52. The zero-order valence-corrected chi connectivity index (χ0v) is 15.9. The van der Waals surface area contributed by atoms with Crippen molar-refractivity contribution in [2.75, 3.05) is 13.1 Å². The second kappa shape index (κ2) is 8.31. The van der Waals surface area contributed by atoms with E-state index in [9.17, 15) is 14.4 Å². The highest BCUT2D eigenvalue weighted by molar-refractivity contribution is 5.99. The number of aldehydes is 1. The molecule has 0 bridgehead atoms. The maximum absolute atomic E-state index is 12.0. The molecule has 8 heteroatoms. The Bertz CT molecular complexity index is 523. The third-order valence-electron chi connectivity index (χ3n) is 3.24. The molecular formula is C17H29N3O5. The van der Waals surface area contributed by atoms with Gasteiger partial charge in [0.2, 0.25) is 5.96 Å². The van der Waals surface area contributed by atoms with Gasteiger partial charge in [0.15, 0.2) is 0 Å². The number of alkyl carbamates (subject to hydrolysis) is 1. The molecule has 1 fully saturated rings. The molecule has 0 aliphatic carbocycles. The van der Waals surface area contributed by atoms with Crippen LogP contribution in [0.15, 0.2) is 4.99 Å². The lowest BCUT2D eigenvalue weighted by molar-refractivity contribution is -0.112. The maximum atomic E-state index is 12.0. The molecule has 0 spiro atoms. The van der Waals surface area contributed by atoms with E-state index in [1.807, 2.05) is 0 Å². The van der Waals surface area contributed by atoms with Gasteiger partial charge in [-0.2, -0.15) is 0 Å². The Morgan fingerprint density at radius 1 is 1.04 bits per heavy atom. The van der Waals surface area contributed by atoms with Gasteiger partial charge in [0, 0.05) is 19.0 Å². The minimum absolute atomic E-state index is 0.0134. The summed E-state index contributed by atoms with van der Waals surface area (Å²) in [5.41, 5.74) is -1.37. The zero-order valence-electron chi connectivity index (χ0n) is 15.9. The molecular weight excluding hydrogens is 326 g/mol. The van der Waals surface area contributed by atoms with Crippen molar-refractivity contribution in [2.24, 2.45) is 10.9 Å². The summed E-state index contributed by atoms with van der Waals surface area (Å²) in [6.07, 6.45) is 0.701. The lowest BCUT2D eigenvalue weighted by Gasteiger charge is -2.32. The first-order valence-corrected chi connectivity index (χ1v) is 8.41. The van der Waals surface area contributed by atoms with E-state index in [1.54, 1.807) is 46.4 Å². The normalized spacial score (nSPS) is 17.0. The number of guanidine groups is 1. The quantitative estimate of drug-likeness (QED) is 0.441. The molecule has 1 heterocycles. The fourth-order valence-corrected chi connectivity index (χ4v) is 2.19. The molecule has 1 aliphatic rings. The van der Waals surface area contributed by atoms with Crippen LogP contribution < -0.4 is 5.32 Å². The molecule has 0 unspecified atom stereocenters. The van der Waals surface area contributed by atoms with Gasteiger partial charge in [0.1, 0.15) is 17.5 Å². The van der Waals surface area contributed by atoms with E-state index in [0.29, 0.717) is 25.9 Å². The van der Waals surface area contributed by atoms with Crippen molar-refractivity contribution < 1.29 is 23.9 Å². The molecule has 1 aliphatic heterocycles. The number of rotatable bonds is 1. The van der Waals surface area contributed by atoms with Crippen LogP contribution >= 0.6 is 0 Å². The fraction of sp³-hybridized carbons (Fsp3) is 0.765. The van der Waals surface area contributed by atoms with Crippen molar-refractivity contribution in [1.29, 1.82) is 0 Å². The van der Waals surface area contributed by atoms with Gasteiger partial charge in [0.05, 0.1) is 0 Å². The Balaban J connectivity index is 2.88. The summed E-state index contributed by atoms with van der Waals surface area (Å²) >= 11 is 0. The van der Waals surface area contributed by atoms with Crippen molar-refractivity contribution in [1.82, 2.24) is 10.2 Å². The summed E-state index contributed by atoms with van der Waals surface area (Å²) in [5.74, 6) is 0.0633. The van der Waals surface area contributed by atoms with Gasteiger partial charge in [-0.05, 0) is 54.4 Å². The van der Waals surface area contributed by atoms with Crippen molar-refractivity contribution >= 4 is 24.4 Å². The zero-order chi connectivity index (χ0) is 19.3. The molecule has 1 rings (SSSR count). The molecule has 0 atom stereocenters. The van der Waals surface area contributed by atoms with E-state index in [2.05, 4.69) is 10.3 Å². The smallest absolute Gasteiger partial charge is 0.437 e. The minimum Gasteiger partial charge on any atom is -0.444 e. The van der Waals surface area contributed by atoms with Crippen LogP contribution in [-0.4, -0.2) is 53.6 Å². The molecule has 0 radical (unpaired) electrons. The van der Waals surface area contributed by atoms with Gasteiger partial charge in [-0.1, -0.05) is 0 Å². The van der Waals surface area contributed by atoms with E-state index in [0.717, 1.165) is 6.29 Å². The highest BCUT2D eigenvalue weighted by atomic mass is 16.6. The van der Waals surface area contributed by atoms with E-state index >= 15 is 0 Å². The average molecular weight is 355 g/mol. The number of carbonyl (C=O) groups is 3.